The smallest absolute Gasteiger partial charge is 0.412 e. The molecule has 3 aliphatic rings. The van der Waals surface area contributed by atoms with Crippen molar-refractivity contribution >= 4 is 28.7 Å². The minimum absolute atomic E-state index is 0.00642. The topological polar surface area (TPSA) is 79.7 Å². The molecule has 3 fully saturated rings. The largest absolute Gasteiger partial charge is 0.444 e. The first kappa shape index (κ1) is 32.4. The molecule has 4 aromatic rings. The molecule has 0 aliphatic carbocycles. The summed E-state index contributed by atoms with van der Waals surface area (Å²) in [6, 6.07) is 28.4. The number of amides is 2. The maximum absolute atomic E-state index is 13.7. The first-order valence-corrected chi connectivity index (χ1v) is 17.7. The van der Waals surface area contributed by atoms with Crippen LogP contribution in [0.15, 0.2) is 78.9 Å². The number of ether oxygens (including phenoxy) is 1. The number of benzene rings is 3. The van der Waals surface area contributed by atoms with Crippen molar-refractivity contribution in [1.29, 1.82) is 0 Å². The Morgan fingerprint density at radius 3 is 2.29 bits per heavy atom. The van der Waals surface area contributed by atoms with Crippen LogP contribution in [0.3, 0.4) is 0 Å². The molecule has 3 saturated heterocycles. The lowest BCUT2D eigenvalue weighted by atomic mass is 9.70. The van der Waals surface area contributed by atoms with Crippen molar-refractivity contribution in [1.82, 2.24) is 19.4 Å². The first-order chi connectivity index (χ1) is 23.1. The van der Waals surface area contributed by atoms with Gasteiger partial charge < -0.3 is 14.2 Å². The van der Waals surface area contributed by atoms with Gasteiger partial charge in [0.05, 0.1) is 11.0 Å². The summed E-state index contributed by atoms with van der Waals surface area (Å²) in [5.74, 6) is 1.14. The number of likely N-dealkylation sites (tertiary alicyclic amines) is 1. The molecule has 7 rings (SSSR count). The van der Waals surface area contributed by atoms with E-state index in [1.54, 1.807) is 12.1 Å². The Morgan fingerprint density at radius 2 is 1.58 bits per heavy atom. The van der Waals surface area contributed by atoms with Crippen molar-refractivity contribution in [2.75, 3.05) is 25.0 Å². The highest BCUT2D eigenvalue weighted by Gasteiger charge is 2.44. The summed E-state index contributed by atoms with van der Waals surface area (Å²) < 4.78 is 7.91. The molecule has 0 saturated carbocycles. The third-order valence-corrected chi connectivity index (χ3v) is 11.0. The standard InChI is InChI=1S/C40H49N5O3/c1-28-41-35-15-8-9-16-36(35)45(28)34-26-32-17-18-33(27-34)44(32)24-21-40(30-12-6-5-7-13-30)19-22-43(23-20-40)37(46)29-11-10-14-31(25-29)42-38(47)48-39(2,3)4/h5-16,25,32-34H,17-24,26-27H2,1-4H3,(H,42,47). The van der Waals surface area contributed by atoms with E-state index in [1.807, 2.05) is 37.8 Å². The highest BCUT2D eigenvalue weighted by atomic mass is 16.6. The van der Waals surface area contributed by atoms with E-state index in [1.165, 1.54) is 36.8 Å². The van der Waals surface area contributed by atoms with Gasteiger partial charge in [0, 0.05) is 42.5 Å². The molecule has 252 valence electrons. The number of hydrogen-bond acceptors (Lipinski definition) is 5. The van der Waals surface area contributed by atoms with Gasteiger partial charge in [-0.05, 0) is 120 Å². The molecule has 48 heavy (non-hydrogen) atoms. The molecular weight excluding hydrogens is 598 g/mol. The minimum atomic E-state index is -0.596. The summed E-state index contributed by atoms with van der Waals surface area (Å²) in [7, 11) is 0. The number of rotatable bonds is 7. The highest BCUT2D eigenvalue weighted by molar-refractivity contribution is 5.96. The van der Waals surface area contributed by atoms with Crippen LogP contribution in [-0.4, -0.2) is 68.7 Å². The van der Waals surface area contributed by atoms with Gasteiger partial charge in [-0.1, -0.05) is 48.5 Å². The quantitative estimate of drug-likeness (QED) is 0.219. The number of fused-ring (bicyclic) bond motifs is 3. The summed E-state index contributed by atoms with van der Waals surface area (Å²) in [5, 5.41) is 2.77. The molecule has 1 aromatic heterocycles. The number of para-hydroxylation sites is 2. The molecule has 2 amide bonds. The summed E-state index contributed by atoms with van der Waals surface area (Å²) in [5.41, 5.74) is 4.33. The van der Waals surface area contributed by atoms with E-state index in [0.717, 1.165) is 37.1 Å². The number of nitrogens with one attached hydrogen (secondary N) is 1. The maximum atomic E-state index is 13.7. The van der Waals surface area contributed by atoms with Gasteiger partial charge in [-0.3, -0.25) is 15.0 Å². The number of piperidine rings is 2. The number of imidazole rings is 1. The zero-order valence-electron chi connectivity index (χ0n) is 28.8. The van der Waals surface area contributed by atoms with Crippen LogP contribution >= 0.6 is 0 Å². The predicted molar refractivity (Wildman–Crippen MR) is 190 cm³/mol. The third kappa shape index (κ3) is 6.59. The molecule has 8 heteroatoms. The van der Waals surface area contributed by atoms with Crippen molar-refractivity contribution in [3.8, 4) is 0 Å². The van der Waals surface area contributed by atoms with Gasteiger partial charge >= 0.3 is 6.09 Å². The van der Waals surface area contributed by atoms with E-state index in [-0.39, 0.29) is 11.3 Å². The Morgan fingerprint density at radius 1 is 0.896 bits per heavy atom. The van der Waals surface area contributed by atoms with Gasteiger partial charge in [0.25, 0.3) is 5.91 Å². The lowest BCUT2D eigenvalue weighted by Gasteiger charge is -2.45. The maximum Gasteiger partial charge on any atom is 0.412 e. The van der Waals surface area contributed by atoms with Crippen LogP contribution in [0.2, 0.25) is 0 Å². The fraction of sp³-hybridized carbons (Fsp3) is 0.475. The number of carbonyl (C=O) groups is 2. The van der Waals surface area contributed by atoms with Gasteiger partial charge in [-0.25, -0.2) is 9.78 Å². The first-order valence-electron chi connectivity index (χ1n) is 17.7. The SMILES string of the molecule is Cc1nc2ccccc2n1C1CC2CCC(C1)N2CCC1(c2ccccc2)CCN(C(=O)c2cccc(NC(=O)OC(C)(C)C)c2)CC1. The summed E-state index contributed by atoms with van der Waals surface area (Å²) in [4.78, 5) is 35.7. The van der Waals surface area contributed by atoms with Crippen molar-refractivity contribution in [2.24, 2.45) is 0 Å². The molecule has 0 spiro atoms. The average molecular weight is 648 g/mol. The van der Waals surface area contributed by atoms with E-state index >= 15 is 0 Å². The highest BCUT2D eigenvalue weighted by Crippen LogP contribution is 2.45. The van der Waals surface area contributed by atoms with Crippen molar-refractivity contribution < 1.29 is 14.3 Å². The fourth-order valence-electron chi connectivity index (χ4n) is 8.74. The van der Waals surface area contributed by atoms with E-state index in [0.29, 0.717) is 42.5 Å². The zero-order chi connectivity index (χ0) is 33.5. The van der Waals surface area contributed by atoms with Crippen LogP contribution in [0.1, 0.15) is 93.5 Å². The second kappa shape index (κ2) is 13.0. The Bertz CT molecular complexity index is 1750. The molecule has 1 N–H and O–H groups in total. The van der Waals surface area contributed by atoms with Gasteiger partial charge in [-0.15, -0.1) is 0 Å². The lowest BCUT2D eigenvalue weighted by Crippen LogP contribution is -2.49. The number of hydrogen-bond donors (Lipinski definition) is 1. The van der Waals surface area contributed by atoms with E-state index < -0.39 is 11.7 Å². The molecule has 3 aromatic carbocycles. The van der Waals surface area contributed by atoms with Crippen molar-refractivity contribution in [2.45, 2.75) is 102 Å². The number of carbonyl (C=O) groups excluding carboxylic acids is 2. The van der Waals surface area contributed by atoms with E-state index in [9.17, 15) is 9.59 Å². The average Bonchev–Trinajstić information content (AvgIpc) is 3.53. The van der Waals surface area contributed by atoms with Gasteiger partial charge in [-0.2, -0.15) is 0 Å². The van der Waals surface area contributed by atoms with E-state index in [2.05, 4.69) is 76.3 Å². The normalized spacial score (nSPS) is 22.5. The van der Waals surface area contributed by atoms with Gasteiger partial charge in [0.15, 0.2) is 0 Å². The Hall–Kier alpha value is -4.17. The predicted octanol–water partition coefficient (Wildman–Crippen LogP) is 8.12. The molecule has 0 radical (unpaired) electrons. The third-order valence-electron chi connectivity index (χ3n) is 11.0. The molecule has 4 heterocycles. The van der Waals surface area contributed by atoms with Crippen LogP contribution in [0.4, 0.5) is 10.5 Å². The zero-order valence-corrected chi connectivity index (χ0v) is 28.8. The Kier molecular flexibility index (Phi) is 8.79. The Labute approximate surface area is 284 Å². The van der Waals surface area contributed by atoms with Crippen LogP contribution < -0.4 is 5.32 Å². The second-order valence-electron chi connectivity index (χ2n) is 15.2. The second-order valence-corrected chi connectivity index (χ2v) is 15.2. The van der Waals surface area contributed by atoms with Crippen LogP contribution in [0.25, 0.3) is 11.0 Å². The number of anilines is 1. The van der Waals surface area contributed by atoms with Crippen molar-refractivity contribution in [3.63, 3.8) is 0 Å². The monoisotopic (exact) mass is 647 g/mol. The molecule has 8 nitrogen and oxygen atoms in total. The summed E-state index contributed by atoms with van der Waals surface area (Å²) in [6.07, 6.45) is 7.35. The van der Waals surface area contributed by atoms with E-state index in [4.69, 9.17) is 9.72 Å². The molecule has 3 aliphatic heterocycles. The number of nitrogens with zero attached hydrogens (tertiary/aromatic N) is 4. The summed E-state index contributed by atoms with van der Waals surface area (Å²) in [6.45, 7) is 10.2. The molecule has 2 unspecified atom stereocenters. The Balaban J connectivity index is 1.02. The van der Waals surface area contributed by atoms with Gasteiger partial charge in [0.1, 0.15) is 11.4 Å². The summed E-state index contributed by atoms with van der Waals surface area (Å²) >= 11 is 0. The molecule has 2 atom stereocenters. The number of aryl methyl sites for hydroxylation is 1. The fourth-order valence-corrected chi connectivity index (χ4v) is 8.74. The minimum Gasteiger partial charge on any atom is -0.444 e. The lowest BCUT2D eigenvalue weighted by molar-refractivity contribution is 0.0602. The van der Waals surface area contributed by atoms with Crippen LogP contribution in [-0.2, 0) is 10.2 Å². The molecular formula is C40H49N5O3. The van der Waals surface area contributed by atoms with Crippen LogP contribution in [0.5, 0.6) is 0 Å². The van der Waals surface area contributed by atoms with Gasteiger partial charge in [0.2, 0.25) is 0 Å². The van der Waals surface area contributed by atoms with Crippen LogP contribution in [0, 0.1) is 6.92 Å². The molecule has 2 bridgehead atoms. The van der Waals surface area contributed by atoms with Crippen molar-refractivity contribution in [3.05, 3.63) is 95.8 Å². The number of aromatic nitrogens is 2.